The van der Waals surface area contributed by atoms with E-state index >= 15 is 0 Å². The lowest BCUT2D eigenvalue weighted by molar-refractivity contribution is -0.115. The topological polar surface area (TPSA) is 135 Å². The van der Waals surface area contributed by atoms with E-state index in [1.165, 1.54) is 0 Å². The van der Waals surface area contributed by atoms with E-state index in [2.05, 4.69) is 36.3 Å². The number of nitrogens with one attached hydrogen (secondary N) is 4. The summed E-state index contributed by atoms with van der Waals surface area (Å²) < 4.78 is 7.00. The molecule has 0 unspecified atom stereocenters. The molecule has 140 valence electrons. The van der Waals surface area contributed by atoms with Crippen molar-refractivity contribution in [3.8, 4) is 0 Å². The fourth-order valence-corrected chi connectivity index (χ4v) is 3.03. The zero-order valence-electron chi connectivity index (χ0n) is 14.4. The first-order valence-electron chi connectivity index (χ1n) is 8.86. The Kier molecular flexibility index (Phi) is 3.67. The van der Waals surface area contributed by atoms with Gasteiger partial charge in [-0.3, -0.25) is 10.1 Å². The number of carbonyl (C=O) groups is 2. The van der Waals surface area contributed by atoms with Crippen molar-refractivity contribution in [3.05, 3.63) is 17.5 Å². The summed E-state index contributed by atoms with van der Waals surface area (Å²) in [6.45, 7) is 1.33. The Morgan fingerprint density at radius 3 is 2.74 bits per heavy atom. The van der Waals surface area contributed by atoms with Gasteiger partial charge in [0.15, 0.2) is 5.65 Å². The number of anilines is 2. The largest absolute Gasteiger partial charge is 0.379 e. The van der Waals surface area contributed by atoms with Crippen LogP contribution in [0.3, 0.4) is 0 Å². The number of hydrogen-bond donors (Lipinski definition) is 4. The van der Waals surface area contributed by atoms with Gasteiger partial charge in [-0.25, -0.2) is 4.79 Å². The molecule has 1 saturated carbocycles. The van der Waals surface area contributed by atoms with Crippen LogP contribution in [0.5, 0.6) is 0 Å². The first-order chi connectivity index (χ1) is 13.2. The second kappa shape index (κ2) is 6.20. The number of ether oxygens (including phenoxy) is 1. The number of hydrogen-bond acceptors (Lipinski definition) is 8. The van der Waals surface area contributed by atoms with Gasteiger partial charge in [-0.15, -0.1) is 0 Å². The average molecular weight is 370 g/mol. The Hall–Kier alpha value is -3.21. The third-order valence-electron chi connectivity index (χ3n) is 4.59. The van der Waals surface area contributed by atoms with Crippen LogP contribution in [0, 0.1) is 0 Å². The van der Waals surface area contributed by atoms with Crippen LogP contribution in [-0.4, -0.2) is 56.8 Å². The normalized spacial score (nSPS) is 23.7. The molecule has 0 bridgehead atoms. The van der Waals surface area contributed by atoms with Crippen LogP contribution >= 0.6 is 0 Å². The Balaban J connectivity index is 1.54. The van der Waals surface area contributed by atoms with Crippen molar-refractivity contribution < 1.29 is 14.3 Å². The SMILES string of the molecule is O=C1NC(=O)/C(=C/c2cnn3c(NC4CC4)nc(N[C@H]4CCOC4)nc23)N1. The molecular weight excluding hydrogens is 352 g/mol. The summed E-state index contributed by atoms with van der Waals surface area (Å²) in [7, 11) is 0. The third kappa shape index (κ3) is 3.16. The molecule has 3 amide bonds. The van der Waals surface area contributed by atoms with Crippen LogP contribution < -0.4 is 21.3 Å². The fourth-order valence-electron chi connectivity index (χ4n) is 3.03. The average Bonchev–Trinajstić information content (AvgIpc) is 3.01. The van der Waals surface area contributed by atoms with Crippen LogP contribution in [0.1, 0.15) is 24.8 Å². The lowest BCUT2D eigenvalue weighted by Gasteiger charge is -2.13. The number of urea groups is 1. The molecule has 2 aromatic rings. The highest BCUT2D eigenvalue weighted by Crippen LogP contribution is 2.26. The van der Waals surface area contributed by atoms with Gasteiger partial charge in [-0.05, 0) is 25.3 Å². The molecular formula is C16H18N8O3. The van der Waals surface area contributed by atoms with Crippen LogP contribution in [0.2, 0.25) is 0 Å². The maximum atomic E-state index is 11.8. The van der Waals surface area contributed by atoms with Gasteiger partial charge in [0, 0.05) is 18.2 Å². The number of carbonyl (C=O) groups excluding carboxylic acids is 2. The minimum atomic E-state index is -0.544. The second-order valence-electron chi connectivity index (χ2n) is 6.80. The van der Waals surface area contributed by atoms with Crippen LogP contribution in [0.25, 0.3) is 11.7 Å². The Labute approximate surface area is 153 Å². The number of amides is 3. The highest BCUT2D eigenvalue weighted by atomic mass is 16.5. The van der Waals surface area contributed by atoms with E-state index in [0.717, 1.165) is 19.3 Å². The first kappa shape index (κ1) is 16.0. The Bertz CT molecular complexity index is 958. The Morgan fingerprint density at radius 1 is 1.15 bits per heavy atom. The molecule has 0 radical (unpaired) electrons. The van der Waals surface area contributed by atoms with Crippen LogP contribution in [0.15, 0.2) is 11.9 Å². The van der Waals surface area contributed by atoms with Gasteiger partial charge in [0.2, 0.25) is 11.9 Å². The van der Waals surface area contributed by atoms with Gasteiger partial charge in [-0.2, -0.15) is 19.6 Å². The molecule has 0 aromatic carbocycles. The number of fused-ring (bicyclic) bond motifs is 1. The smallest absolute Gasteiger partial charge is 0.326 e. The van der Waals surface area contributed by atoms with Crippen molar-refractivity contribution in [1.29, 1.82) is 0 Å². The highest BCUT2D eigenvalue weighted by Gasteiger charge is 2.26. The predicted molar refractivity (Wildman–Crippen MR) is 94.9 cm³/mol. The van der Waals surface area contributed by atoms with Gasteiger partial charge < -0.3 is 20.7 Å². The summed E-state index contributed by atoms with van der Waals surface area (Å²) in [5.74, 6) is 0.584. The van der Waals surface area contributed by atoms with E-state index in [1.54, 1.807) is 16.8 Å². The van der Waals surface area contributed by atoms with Gasteiger partial charge in [0.05, 0.1) is 18.8 Å². The van der Waals surface area contributed by atoms with E-state index in [-0.39, 0.29) is 11.7 Å². The second-order valence-corrected chi connectivity index (χ2v) is 6.80. The molecule has 5 rings (SSSR count). The monoisotopic (exact) mass is 370 g/mol. The molecule has 2 aromatic heterocycles. The lowest BCUT2D eigenvalue weighted by atomic mass is 10.2. The molecule has 4 heterocycles. The molecule has 11 nitrogen and oxygen atoms in total. The maximum absolute atomic E-state index is 11.8. The molecule has 4 N–H and O–H groups in total. The third-order valence-corrected chi connectivity index (χ3v) is 4.59. The summed E-state index contributed by atoms with van der Waals surface area (Å²) in [6.07, 6.45) is 6.22. The summed E-state index contributed by atoms with van der Waals surface area (Å²) in [5.41, 5.74) is 1.30. The highest BCUT2D eigenvalue weighted by molar-refractivity contribution is 6.14. The molecule has 3 fully saturated rings. The Morgan fingerprint density at radius 2 is 2.04 bits per heavy atom. The zero-order valence-corrected chi connectivity index (χ0v) is 14.4. The van der Waals surface area contributed by atoms with Crippen molar-refractivity contribution in [2.45, 2.75) is 31.3 Å². The van der Waals surface area contributed by atoms with Gasteiger partial charge in [-0.1, -0.05) is 0 Å². The summed E-state index contributed by atoms with van der Waals surface area (Å²) >= 11 is 0. The number of nitrogens with zero attached hydrogens (tertiary/aromatic N) is 4. The van der Waals surface area contributed by atoms with E-state index in [1.807, 2.05) is 0 Å². The predicted octanol–water partition coefficient (Wildman–Crippen LogP) is 0.0797. The van der Waals surface area contributed by atoms with Gasteiger partial charge >= 0.3 is 6.03 Å². The molecule has 11 heteroatoms. The van der Waals surface area contributed by atoms with Crippen LogP contribution in [0.4, 0.5) is 16.7 Å². The van der Waals surface area contributed by atoms with E-state index in [4.69, 9.17) is 4.74 Å². The van der Waals surface area contributed by atoms with Gasteiger partial charge in [0.25, 0.3) is 5.91 Å². The van der Waals surface area contributed by atoms with E-state index < -0.39 is 11.9 Å². The van der Waals surface area contributed by atoms with Crippen molar-refractivity contribution in [1.82, 2.24) is 30.2 Å². The van der Waals surface area contributed by atoms with E-state index in [0.29, 0.717) is 42.4 Å². The van der Waals surface area contributed by atoms with Crippen LogP contribution in [-0.2, 0) is 9.53 Å². The minimum Gasteiger partial charge on any atom is -0.379 e. The van der Waals surface area contributed by atoms with Crippen molar-refractivity contribution in [2.75, 3.05) is 23.8 Å². The molecule has 27 heavy (non-hydrogen) atoms. The minimum absolute atomic E-state index is 0.156. The lowest BCUT2D eigenvalue weighted by Crippen LogP contribution is -2.22. The van der Waals surface area contributed by atoms with Crippen molar-refractivity contribution in [2.24, 2.45) is 0 Å². The molecule has 2 aliphatic heterocycles. The zero-order chi connectivity index (χ0) is 18.4. The van der Waals surface area contributed by atoms with Crippen molar-refractivity contribution >= 4 is 35.6 Å². The molecule has 0 spiro atoms. The molecule has 1 aliphatic carbocycles. The molecule has 3 aliphatic rings. The quantitative estimate of drug-likeness (QED) is 0.429. The van der Waals surface area contributed by atoms with E-state index in [9.17, 15) is 9.59 Å². The summed E-state index contributed by atoms with van der Waals surface area (Å²) in [5, 5.41) is 15.6. The number of aromatic nitrogens is 4. The fraction of sp³-hybridized carbons (Fsp3) is 0.438. The van der Waals surface area contributed by atoms with Crippen molar-refractivity contribution in [3.63, 3.8) is 0 Å². The van der Waals surface area contributed by atoms with Gasteiger partial charge in [0.1, 0.15) is 5.70 Å². The summed E-state index contributed by atoms with van der Waals surface area (Å²) in [4.78, 5) is 32.3. The molecule has 1 atom stereocenters. The number of imide groups is 1. The maximum Gasteiger partial charge on any atom is 0.326 e. The summed E-state index contributed by atoms with van der Waals surface area (Å²) in [6, 6.07) is -0.000423. The number of rotatable bonds is 5. The molecule has 2 saturated heterocycles. The standard InChI is InChI=1S/C16H18N8O3/c25-13-11(20-16(26)22-13)5-8-6-17-24-12(8)21-14(18-10-3-4-27-7-10)23-15(24)19-9-1-2-9/h5-6,9-10H,1-4,7H2,(H2,18,19,21,23)(H2,20,22,25,26)/b11-5-/t10-/m0/s1. The first-order valence-corrected chi connectivity index (χ1v) is 8.86.